The maximum Gasteiger partial charge on any atom is 0.335 e. The molecule has 1 aliphatic rings. The highest BCUT2D eigenvalue weighted by Gasteiger charge is 2.24. The van der Waals surface area contributed by atoms with Crippen LogP contribution < -0.4 is 0 Å². The molecular weight excluding hydrogens is 303 g/mol. The Morgan fingerprint density at radius 3 is 2.59 bits per heavy atom. The Bertz CT molecular complexity index is 794. The molecule has 0 radical (unpaired) electrons. The highest BCUT2D eigenvalue weighted by Crippen LogP contribution is 2.35. The number of carboxylic acids is 1. The number of carbonyl (C=O) groups excluding carboxylic acids is 1. The summed E-state index contributed by atoms with van der Waals surface area (Å²) in [5, 5.41) is 8.87. The van der Waals surface area contributed by atoms with E-state index in [-0.39, 0.29) is 17.2 Å². The zero-order chi connectivity index (χ0) is 15.7. The lowest BCUT2D eigenvalue weighted by molar-refractivity contribution is 0.0696. The van der Waals surface area contributed by atoms with Crippen LogP contribution in [0.4, 0.5) is 4.39 Å². The molecule has 1 N–H and O–H groups in total. The third kappa shape index (κ3) is 2.67. The largest absolute Gasteiger partial charge is 0.478 e. The summed E-state index contributed by atoms with van der Waals surface area (Å²) >= 11 is 1.30. The minimum absolute atomic E-state index is 0.185. The van der Waals surface area contributed by atoms with Crippen molar-refractivity contribution in [2.24, 2.45) is 0 Å². The van der Waals surface area contributed by atoms with Crippen LogP contribution in [0.1, 0.15) is 26.3 Å². The Balaban J connectivity index is 1.93. The van der Waals surface area contributed by atoms with E-state index in [4.69, 9.17) is 5.11 Å². The van der Waals surface area contributed by atoms with Crippen molar-refractivity contribution < 1.29 is 19.1 Å². The fourth-order valence-corrected chi connectivity index (χ4v) is 3.29. The van der Waals surface area contributed by atoms with Gasteiger partial charge < -0.3 is 5.11 Å². The van der Waals surface area contributed by atoms with E-state index in [1.165, 1.54) is 36.0 Å². The van der Waals surface area contributed by atoms with E-state index in [1.54, 1.807) is 24.3 Å². The minimum Gasteiger partial charge on any atom is -0.478 e. The molecule has 0 atom stereocenters. The zero-order valence-electron chi connectivity index (χ0n) is 11.4. The number of carboxylic acid groups (broad SMARTS) is 1. The van der Waals surface area contributed by atoms with Crippen LogP contribution in [0.2, 0.25) is 0 Å². The Kier molecular flexibility index (Phi) is 3.81. The van der Waals surface area contributed by atoms with Crippen LogP contribution in [-0.4, -0.2) is 22.6 Å². The van der Waals surface area contributed by atoms with Crippen LogP contribution >= 0.6 is 11.8 Å². The first-order valence-corrected chi connectivity index (χ1v) is 7.55. The number of fused-ring (bicyclic) bond motifs is 1. The molecule has 0 aromatic heterocycles. The van der Waals surface area contributed by atoms with Crippen molar-refractivity contribution in [2.75, 3.05) is 5.75 Å². The Hall–Kier alpha value is -2.40. The fraction of sp³-hybridized carbons (Fsp3) is 0.0588. The average Bonchev–Trinajstić information content (AvgIpc) is 2.51. The molecule has 0 bridgehead atoms. The summed E-state index contributed by atoms with van der Waals surface area (Å²) in [5.74, 6) is -1.16. The van der Waals surface area contributed by atoms with Crippen LogP contribution in [0.5, 0.6) is 0 Å². The van der Waals surface area contributed by atoms with Crippen LogP contribution in [0.25, 0.3) is 6.08 Å². The van der Waals surface area contributed by atoms with Gasteiger partial charge in [0, 0.05) is 16.9 Å². The van der Waals surface area contributed by atoms with Gasteiger partial charge in [0.25, 0.3) is 0 Å². The molecule has 1 heterocycles. The van der Waals surface area contributed by atoms with Gasteiger partial charge in [-0.2, -0.15) is 0 Å². The molecule has 5 heteroatoms. The van der Waals surface area contributed by atoms with Gasteiger partial charge >= 0.3 is 5.97 Å². The maximum atomic E-state index is 13.7. The molecule has 0 saturated carbocycles. The summed E-state index contributed by atoms with van der Waals surface area (Å²) in [6, 6.07) is 10.8. The molecule has 0 amide bonds. The van der Waals surface area contributed by atoms with E-state index < -0.39 is 5.97 Å². The van der Waals surface area contributed by atoms with Gasteiger partial charge in [-0.1, -0.05) is 18.2 Å². The summed E-state index contributed by atoms with van der Waals surface area (Å²) in [6.07, 6.45) is 1.72. The van der Waals surface area contributed by atoms with Gasteiger partial charge in [-0.3, -0.25) is 4.79 Å². The summed E-state index contributed by atoms with van der Waals surface area (Å²) in [7, 11) is 0. The third-order valence-corrected chi connectivity index (χ3v) is 4.53. The topological polar surface area (TPSA) is 54.4 Å². The number of ketones is 1. The molecule has 0 unspecified atom stereocenters. The normalized spacial score (nSPS) is 15.7. The number of Topliss-reactive ketones (excluding diaryl/α,β-unsaturated/α-hetero) is 1. The lowest BCUT2D eigenvalue weighted by Gasteiger charge is -2.17. The summed E-state index contributed by atoms with van der Waals surface area (Å²) in [4.78, 5) is 23.6. The van der Waals surface area contributed by atoms with Gasteiger partial charge in [-0.25, -0.2) is 9.18 Å². The number of hydrogen-bond acceptors (Lipinski definition) is 3. The van der Waals surface area contributed by atoms with Crippen molar-refractivity contribution in [2.45, 2.75) is 4.90 Å². The number of aromatic carboxylic acids is 1. The second-order valence-corrected chi connectivity index (χ2v) is 5.82. The van der Waals surface area contributed by atoms with Gasteiger partial charge in [0.05, 0.1) is 10.5 Å². The molecule has 3 nitrogen and oxygen atoms in total. The van der Waals surface area contributed by atoms with Gasteiger partial charge in [-0.15, -0.1) is 11.8 Å². The van der Waals surface area contributed by atoms with Crippen molar-refractivity contribution in [1.82, 2.24) is 0 Å². The highest BCUT2D eigenvalue weighted by atomic mass is 32.2. The predicted molar refractivity (Wildman–Crippen MR) is 82.8 cm³/mol. The SMILES string of the molecule is O=C(O)c1ccc(C=C2CSc3c(F)cccc3C2=O)cc1. The van der Waals surface area contributed by atoms with Crippen molar-refractivity contribution in [3.05, 3.63) is 70.5 Å². The Labute approximate surface area is 130 Å². The maximum absolute atomic E-state index is 13.7. The van der Waals surface area contributed by atoms with E-state index in [0.717, 1.165) is 5.56 Å². The summed E-state index contributed by atoms with van der Waals surface area (Å²) in [5.41, 5.74) is 1.89. The second kappa shape index (κ2) is 5.77. The number of benzene rings is 2. The molecule has 0 spiro atoms. The van der Waals surface area contributed by atoms with E-state index in [2.05, 4.69) is 0 Å². The molecule has 22 heavy (non-hydrogen) atoms. The van der Waals surface area contributed by atoms with Crippen LogP contribution in [0, 0.1) is 5.82 Å². The highest BCUT2D eigenvalue weighted by molar-refractivity contribution is 7.99. The van der Waals surface area contributed by atoms with Crippen LogP contribution in [0.3, 0.4) is 0 Å². The smallest absolute Gasteiger partial charge is 0.335 e. The molecule has 2 aromatic rings. The van der Waals surface area contributed by atoms with E-state index >= 15 is 0 Å². The number of carbonyl (C=O) groups is 2. The number of thioether (sulfide) groups is 1. The minimum atomic E-state index is -0.993. The molecule has 0 fully saturated rings. The predicted octanol–water partition coefficient (Wildman–Crippen LogP) is 3.90. The van der Waals surface area contributed by atoms with Crippen molar-refractivity contribution in [3.8, 4) is 0 Å². The molecule has 1 aliphatic heterocycles. The first-order valence-electron chi connectivity index (χ1n) is 6.56. The lowest BCUT2D eigenvalue weighted by atomic mass is 10.0. The third-order valence-electron chi connectivity index (χ3n) is 3.37. The monoisotopic (exact) mass is 314 g/mol. The van der Waals surface area contributed by atoms with Gasteiger partial charge in [0.15, 0.2) is 5.78 Å². The van der Waals surface area contributed by atoms with Gasteiger partial charge in [-0.05, 0) is 35.9 Å². The Morgan fingerprint density at radius 1 is 1.18 bits per heavy atom. The van der Waals surface area contributed by atoms with E-state index in [0.29, 0.717) is 21.8 Å². The van der Waals surface area contributed by atoms with Gasteiger partial charge in [0.2, 0.25) is 0 Å². The quantitative estimate of drug-likeness (QED) is 0.854. The summed E-state index contributed by atoms with van der Waals surface area (Å²) in [6.45, 7) is 0. The van der Waals surface area contributed by atoms with Crippen molar-refractivity contribution in [1.29, 1.82) is 0 Å². The first-order chi connectivity index (χ1) is 10.6. The number of halogens is 1. The molecular formula is C17H11FO3S. The van der Waals surface area contributed by atoms with E-state index in [1.807, 2.05) is 0 Å². The van der Waals surface area contributed by atoms with Crippen LogP contribution in [-0.2, 0) is 0 Å². The second-order valence-electron chi connectivity index (χ2n) is 4.83. The lowest BCUT2D eigenvalue weighted by Crippen LogP contribution is -2.13. The molecule has 0 saturated heterocycles. The van der Waals surface area contributed by atoms with Gasteiger partial charge in [0.1, 0.15) is 5.82 Å². The molecule has 0 aliphatic carbocycles. The molecule has 110 valence electrons. The Morgan fingerprint density at radius 2 is 1.91 bits per heavy atom. The molecule has 3 rings (SSSR count). The zero-order valence-corrected chi connectivity index (χ0v) is 12.2. The standard InChI is InChI=1S/C17H11FO3S/c18-14-3-1-2-13-15(19)12(9-22-16(13)14)8-10-4-6-11(7-5-10)17(20)21/h1-8H,9H2,(H,20,21). The average molecular weight is 314 g/mol. The number of rotatable bonds is 2. The fourth-order valence-electron chi connectivity index (χ4n) is 2.25. The van der Waals surface area contributed by atoms with Crippen molar-refractivity contribution in [3.63, 3.8) is 0 Å². The summed E-state index contributed by atoms with van der Waals surface area (Å²) < 4.78 is 13.7. The molecule has 2 aromatic carbocycles. The van der Waals surface area contributed by atoms with E-state index in [9.17, 15) is 14.0 Å². The first kappa shape index (κ1) is 14.5. The van der Waals surface area contributed by atoms with Crippen molar-refractivity contribution >= 4 is 29.6 Å². The number of hydrogen-bond donors (Lipinski definition) is 1. The van der Waals surface area contributed by atoms with Crippen LogP contribution in [0.15, 0.2) is 52.9 Å².